The van der Waals surface area contributed by atoms with Crippen molar-refractivity contribution in [3.05, 3.63) is 20.3 Å². The number of hydrogen-bond acceptors (Lipinski definition) is 3. The van der Waals surface area contributed by atoms with Gasteiger partial charge in [0.25, 0.3) is 5.91 Å². The standard InChI is InChI=1S/C15H23BrN2OS/c1-11-10-13(20-14(11)16)15(19)17-7-5-9-18-8-4-3-6-12(18)2/h10,12H,3-9H2,1-2H3,(H,17,19). The summed E-state index contributed by atoms with van der Waals surface area (Å²) in [6, 6.07) is 2.65. The fourth-order valence-electron chi connectivity index (χ4n) is 2.63. The summed E-state index contributed by atoms with van der Waals surface area (Å²) in [7, 11) is 0. The molecular formula is C15H23BrN2OS. The Morgan fingerprint density at radius 1 is 1.55 bits per heavy atom. The molecule has 112 valence electrons. The SMILES string of the molecule is Cc1cc(C(=O)NCCCN2CCCCC2C)sc1Br. The first-order valence-corrected chi connectivity index (χ1v) is 8.97. The molecule has 1 N–H and O–H groups in total. The number of likely N-dealkylation sites (tertiary alicyclic amines) is 1. The quantitative estimate of drug-likeness (QED) is 0.811. The lowest BCUT2D eigenvalue weighted by Gasteiger charge is -2.33. The molecule has 1 aliphatic rings. The molecule has 1 unspecified atom stereocenters. The van der Waals surface area contributed by atoms with Crippen LogP contribution >= 0.6 is 27.3 Å². The van der Waals surface area contributed by atoms with Crippen LogP contribution in [0.2, 0.25) is 0 Å². The van der Waals surface area contributed by atoms with Crippen LogP contribution in [0.25, 0.3) is 0 Å². The van der Waals surface area contributed by atoms with Gasteiger partial charge in [-0.15, -0.1) is 11.3 Å². The minimum absolute atomic E-state index is 0.0514. The van der Waals surface area contributed by atoms with Crippen molar-refractivity contribution >= 4 is 33.2 Å². The molecule has 1 fully saturated rings. The summed E-state index contributed by atoms with van der Waals surface area (Å²) < 4.78 is 1.05. The highest BCUT2D eigenvalue weighted by molar-refractivity contribution is 9.11. The number of carbonyl (C=O) groups excluding carboxylic acids is 1. The minimum Gasteiger partial charge on any atom is -0.351 e. The van der Waals surface area contributed by atoms with Crippen molar-refractivity contribution in [2.75, 3.05) is 19.6 Å². The number of hydrogen-bond donors (Lipinski definition) is 1. The lowest BCUT2D eigenvalue weighted by atomic mass is 10.0. The van der Waals surface area contributed by atoms with Crippen molar-refractivity contribution in [3.63, 3.8) is 0 Å². The summed E-state index contributed by atoms with van der Waals surface area (Å²) in [5.74, 6) is 0.0514. The molecule has 1 aromatic rings. The summed E-state index contributed by atoms with van der Waals surface area (Å²) in [6.45, 7) is 7.39. The van der Waals surface area contributed by atoms with E-state index in [0.717, 1.165) is 33.7 Å². The number of piperidine rings is 1. The van der Waals surface area contributed by atoms with Gasteiger partial charge in [-0.1, -0.05) is 6.42 Å². The third kappa shape index (κ3) is 4.30. The van der Waals surface area contributed by atoms with Gasteiger partial charge in [-0.3, -0.25) is 4.79 Å². The molecule has 1 aromatic heterocycles. The highest BCUT2D eigenvalue weighted by atomic mass is 79.9. The maximum atomic E-state index is 12.0. The first kappa shape index (κ1) is 16.0. The third-order valence-corrected chi connectivity index (χ3v) is 6.06. The van der Waals surface area contributed by atoms with Gasteiger partial charge in [-0.05, 0) is 67.2 Å². The Labute approximate surface area is 133 Å². The van der Waals surface area contributed by atoms with Crippen molar-refractivity contribution in [2.45, 2.75) is 45.6 Å². The molecule has 0 saturated carbocycles. The molecule has 5 heteroatoms. The van der Waals surface area contributed by atoms with Gasteiger partial charge in [0.2, 0.25) is 0 Å². The van der Waals surface area contributed by atoms with Crippen LogP contribution in [0.3, 0.4) is 0 Å². The molecule has 1 saturated heterocycles. The molecule has 3 nitrogen and oxygen atoms in total. The van der Waals surface area contributed by atoms with E-state index in [1.807, 2.05) is 13.0 Å². The fourth-order valence-corrected chi connectivity index (χ4v) is 4.08. The van der Waals surface area contributed by atoms with Gasteiger partial charge in [-0.2, -0.15) is 0 Å². The Balaban J connectivity index is 1.69. The summed E-state index contributed by atoms with van der Waals surface area (Å²) in [5, 5.41) is 3.02. The molecule has 0 spiro atoms. The molecule has 2 heterocycles. The number of halogens is 1. The molecule has 1 atom stereocenters. The Morgan fingerprint density at radius 2 is 2.35 bits per heavy atom. The average molecular weight is 359 g/mol. The van der Waals surface area contributed by atoms with E-state index in [1.165, 1.54) is 37.1 Å². The van der Waals surface area contributed by atoms with Crippen molar-refractivity contribution in [1.82, 2.24) is 10.2 Å². The lowest BCUT2D eigenvalue weighted by molar-refractivity contribution is 0.0953. The van der Waals surface area contributed by atoms with Crippen molar-refractivity contribution in [2.24, 2.45) is 0 Å². The number of aryl methyl sites for hydroxylation is 1. The van der Waals surface area contributed by atoms with Gasteiger partial charge in [0, 0.05) is 19.1 Å². The normalized spacial score (nSPS) is 20.1. The Morgan fingerprint density at radius 3 is 3.00 bits per heavy atom. The number of thiophene rings is 1. The molecule has 1 amide bonds. The van der Waals surface area contributed by atoms with Gasteiger partial charge < -0.3 is 10.2 Å². The predicted molar refractivity (Wildman–Crippen MR) is 88.6 cm³/mol. The van der Waals surface area contributed by atoms with Crippen molar-refractivity contribution in [3.8, 4) is 0 Å². The zero-order chi connectivity index (χ0) is 14.5. The van der Waals surface area contributed by atoms with E-state index in [4.69, 9.17) is 0 Å². The number of rotatable bonds is 5. The Kier molecular flexibility index (Phi) is 6.05. The first-order valence-electron chi connectivity index (χ1n) is 7.36. The topological polar surface area (TPSA) is 32.3 Å². The maximum absolute atomic E-state index is 12.0. The minimum atomic E-state index is 0.0514. The third-order valence-electron chi connectivity index (χ3n) is 3.93. The van der Waals surface area contributed by atoms with Crippen LogP contribution in [0.4, 0.5) is 0 Å². The summed E-state index contributed by atoms with van der Waals surface area (Å²) in [4.78, 5) is 15.3. The van der Waals surface area contributed by atoms with E-state index in [2.05, 4.69) is 33.1 Å². The monoisotopic (exact) mass is 358 g/mol. The van der Waals surface area contributed by atoms with E-state index in [0.29, 0.717) is 6.04 Å². The van der Waals surface area contributed by atoms with E-state index in [1.54, 1.807) is 0 Å². The molecule has 0 aromatic carbocycles. The van der Waals surface area contributed by atoms with Gasteiger partial charge >= 0.3 is 0 Å². The molecule has 1 aliphatic heterocycles. The lowest BCUT2D eigenvalue weighted by Crippen LogP contribution is -2.39. The summed E-state index contributed by atoms with van der Waals surface area (Å²) >= 11 is 4.96. The van der Waals surface area contributed by atoms with Crippen LogP contribution in [0.5, 0.6) is 0 Å². The molecule has 0 radical (unpaired) electrons. The average Bonchev–Trinajstić information content (AvgIpc) is 2.76. The van der Waals surface area contributed by atoms with E-state index in [-0.39, 0.29) is 5.91 Å². The van der Waals surface area contributed by atoms with Crippen LogP contribution in [-0.4, -0.2) is 36.5 Å². The second-order valence-corrected chi connectivity index (χ2v) is 7.93. The maximum Gasteiger partial charge on any atom is 0.261 e. The molecular weight excluding hydrogens is 336 g/mol. The number of carbonyl (C=O) groups is 1. The molecule has 20 heavy (non-hydrogen) atoms. The first-order chi connectivity index (χ1) is 9.58. The smallest absolute Gasteiger partial charge is 0.261 e. The summed E-state index contributed by atoms with van der Waals surface area (Å²) in [6.07, 6.45) is 5.02. The second kappa shape index (κ2) is 7.57. The van der Waals surface area contributed by atoms with Crippen molar-refractivity contribution in [1.29, 1.82) is 0 Å². The zero-order valence-corrected chi connectivity index (χ0v) is 14.6. The van der Waals surface area contributed by atoms with Crippen molar-refractivity contribution < 1.29 is 4.79 Å². The molecule has 2 rings (SSSR count). The number of amides is 1. The Hall–Kier alpha value is -0.390. The van der Waals surface area contributed by atoms with Crippen LogP contribution < -0.4 is 5.32 Å². The Bertz CT molecular complexity index is 441. The molecule has 0 bridgehead atoms. The number of nitrogens with zero attached hydrogens (tertiary/aromatic N) is 1. The van der Waals surface area contributed by atoms with Gasteiger partial charge in [0.05, 0.1) is 8.66 Å². The highest BCUT2D eigenvalue weighted by Crippen LogP contribution is 2.27. The zero-order valence-electron chi connectivity index (χ0n) is 12.2. The van der Waals surface area contributed by atoms with Gasteiger partial charge in [0.15, 0.2) is 0 Å². The van der Waals surface area contributed by atoms with Crippen LogP contribution in [0.1, 0.15) is 47.8 Å². The number of nitrogens with one attached hydrogen (secondary N) is 1. The second-order valence-electron chi connectivity index (χ2n) is 5.56. The highest BCUT2D eigenvalue weighted by Gasteiger charge is 2.17. The van der Waals surface area contributed by atoms with E-state index < -0.39 is 0 Å². The predicted octanol–water partition coefficient (Wildman–Crippen LogP) is 3.81. The van der Waals surface area contributed by atoms with Crippen LogP contribution in [0.15, 0.2) is 9.85 Å². The van der Waals surface area contributed by atoms with Gasteiger partial charge in [-0.25, -0.2) is 0 Å². The van der Waals surface area contributed by atoms with E-state index in [9.17, 15) is 4.79 Å². The van der Waals surface area contributed by atoms with Crippen LogP contribution in [0, 0.1) is 6.92 Å². The van der Waals surface area contributed by atoms with Gasteiger partial charge in [0.1, 0.15) is 0 Å². The fraction of sp³-hybridized carbons (Fsp3) is 0.667. The van der Waals surface area contributed by atoms with Crippen LogP contribution in [-0.2, 0) is 0 Å². The molecule has 0 aliphatic carbocycles. The van der Waals surface area contributed by atoms with E-state index >= 15 is 0 Å². The summed E-state index contributed by atoms with van der Waals surface area (Å²) in [5.41, 5.74) is 1.13. The largest absolute Gasteiger partial charge is 0.351 e.